The summed E-state index contributed by atoms with van der Waals surface area (Å²) in [6, 6.07) is 11.0. The average molecular weight is 275 g/mol. The van der Waals surface area contributed by atoms with E-state index in [9.17, 15) is 0 Å². The fourth-order valence-corrected chi connectivity index (χ4v) is 2.84. The Morgan fingerprint density at radius 3 is 2.53 bits per heavy atom. The maximum Gasteiger partial charge on any atom is 0.119 e. The molecule has 0 radical (unpaired) electrons. The molecule has 19 heavy (non-hydrogen) atoms. The molecule has 0 saturated heterocycles. The molecule has 0 aliphatic rings. The van der Waals surface area contributed by atoms with Crippen LogP contribution < -0.4 is 10.1 Å². The van der Waals surface area contributed by atoms with Gasteiger partial charge in [0.15, 0.2) is 0 Å². The highest BCUT2D eigenvalue weighted by atomic mass is 32.1. The first-order valence-electron chi connectivity index (χ1n) is 6.80. The van der Waals surface area contributed by atoms with Gasteiger partial charge in [-0.25, -0.2) is 0 Å². The van der Waals surface area contributed by atoms with Gasteiger partial charge in [-0.3, -0.25) is 0 Å². The predicted octanol–water partition coefficient (Wildman–Crippen LogP) is 4.04. The molecule has 0 aliphatic heterocycles. The van der Waals surface area contributed by atoms with E-state index in [2.05, 4.69) is 53.3 Å². The van der Waals surface area contributed by atoms with Gasteiger partial charge in [0.05, 0.1) is 6.61 Å². The summed E-state index contributed by atoms with van der Waals surface area (Å²) < 4.78 is 5.49. The zero-order valence-corrected chi connectivity index (χ0v) is 12.4. The summed E-state index contributed by atoms with van der Waals surface area (Å²) in [6.07, 6.45) is 1.03. The van der Waals surface area contributed by atoms with Gasteiger partial charge in [-0.1, -0.05) is 19.1 Å². The summed E-state index contributed by atoms with van der Waals surface area (Å²) in [7, 11) is 0. The molecule has 1 N–H and O–H groups in total. The standard InChI is InChI=1S/C16H21NOS/c1-3-17-16(11-13-9-10-19-12-13)14-5-7-15(8-6-14)18-4-2/h5-10,12,16-17H,3-4,11H2,1-2H3. The van der Waals surface area contributed by atoms with Gasteiger partial charge in [0.25, 0.3) is 0 Å². The average Bonchev–Trinajstić information content (AvgIpc) is 2.93. The van der Waals surface area contributed by atoms with Crippen LogP contribution in [0.15, 0.2) is 41.1 Å². The zero-order valence-electron chi connectivity index (χ0n) is 11.6. The molecule has 0 bridgehead atoms. The topological polar surface area (TPSA) is 21.3 Å². The monoisotopic (exact) mass is 275 g/mol. The van der Waals surface area contributed by atoms with Crippen LogP contribution in [0.3, 0.4) is 0 Å². The quantitative estimate of drug-likeness (QED) is 0.823. The molecule has 1 atom stereocenters. The van der Waals surface area contributed by atoms with Crippen molar-refractivity contribution in [3.8, 4) is 5.75 Å². The Morgan fingerprint density at radius 1 is 1.16 bits per heavy atom. The summed E-state index contributed by atoms with van der Waals surface area (Å²) in [5, 5.41) is 7.91. The Morgan fingerprint density at radius 2 is 1.95 bits per heavy atom. The summed E-state index contributed by atoms with van der Waals surface area (Å²) in [4.78, 5) is 0. The summed E-state index contributed by atoms with van der Waals surface area (Å²) >= 11 is 1.76. The summed E-state index contributed by atoms with van der Waals surface area (Å²) in [5.41, 5.74) is 2.71. The maximum absolute atomic E-state index is 5.49. The Kier molecular flexibility index (Phi) is 5.43. The first-order valence-corrected chi connectivity index (χ1v) is 7.75. The Bertz CT molecular complexity index is 464. The van der Waals surface area contributed by atoms with Crippen molar-refractivity contribution >= 4 is 11.3 Å². The largest absolute Gasteiger partial charge is 0.494 e. The van der Waals surface area contributed by atoms with Crippen molar-refractivity contribution in [2.75, 3.05) is 13.2 Å². The number of hydrogen-bond acceptors (Lipinski definition) is 3. The van der Waals surface area contributed by atoms with Crippen LogP contribution in [0, 0.1) is 0 Å². The molecule has 0 aliphatic carbocycles. The number of ether oxygens (including phenoxy) is 1. The first kappa shape index (κ1) is 14.1. The van der Waals surface area contributed by atoms with Crippen molar-refractivity contribution in [3.05, 3.63) is 52.2 Å². The molecule has 3 heteroatoms. The van der Waals surface area contributed by atoms with Crippen LogP contribution >= 0.6 is 11.3 Å². The Hall–Kier alpha value is -1.32. The SMILES string of the molecule is CCNC(Cc1ccsc1)c1ccc(OCC)cc1. The molecule has 1 aromatic heterocycles. The van der Waals surface area contributed by atoms with Gasteiger partial charge in [0, 0.05) is 6.04 Å². The molecule has 0 spiro atoms. The van der Waals surface area contributed by atoms with Crippen LogP contribution in [0.1, 0.15) is 31.0 Å². The second-order valence-corrected chi connectivity index (χ2v) is 5.23. The third-order valence-corrected chi connectivity index (χ3v) is 3.80. The van der Waals surface area contributed by atoms with Gasteiger partial charge in [-0.15, -0.1) is 0 Å². The third kappa shape index (κ3) is 4.08. The molecule has 0 amide bonds. The number of likely N-dealkylation sites (N-methyl/N-ethyl adjacent to an activating group) is 1. The number of hydrogen-bond donors (Lipinski definition) is 1. The molecule has 102 valence electrons. The van der Waals surface area contributed by atoms with Crippen LogP contribution in [-0.2, 0) is 6.42 Å². The van der Waals surface area contributed by atoms with E-state index in [0.717, 1.165) is 18.7 Å². The van der Waals surface area contributed by atoms with Gasteiger partial charge >= 0.3 is 0 Å². The van der Waals surface area contributed by atoms with Crippen molar-refractivity contribution in [1.29, 1.82) is 0 Å². The summed E-state index contributed by atoms with van der Waals surface area (Å²) in [5.74, 6) is 0.942. The fourth-order valence-electron chi connectivity index (χ4n) is 2.16. The van der Waals surface area contributed by atoms with Crippen molar-refractivity contribution in [2.45, 2.75) is 26.3 Å². The van der Waals surface area contributed by atoms with Gasteiger partial charge in [0.1, 0.15) is 5.75 Å². The molecule has 1 heterocycles. The lowest BCUT2D eigenvalue weighted by molar-refractivity contribution is 0.340. The molecule has 0 fully saturated rings. The number of thiophene rings is 1. The second kappa shape index (κ2) is 7.31. The van der Waals surface area contributed by atoms with Crippen LogP contribution in [0.4, 0.5) is 0 Å². The smallest absolute Gasteiger partial charge is 0.119 e. The van der Waals surface area contributed by atoms with Crippen molar-refractivity contribution in [2.24, 2.45) is 0 Å². The molecular formula is C16H21NOS. The van der Waals surface area contributed by atoms with E-state index in [0.29, 0.717) is 12.6 Å². The third-order valence-electron chi connectivity index (χ3n) is 3.06. The molecule has 2 aromatic rings. The van der Waals surface area contributed by atoms with E-state index >= 15 is 0 Å². The number of nitrogens with one attached hydrogen (secondary N) is 1. The minimum atomic E-state index is 0.371. The van der Waals surface area contributed by atoms with Gasteiger partial charge < -0.3 is 10.1 Å². The lowest BCUT2D eigenvalue weighted by atomic mass is 10.0. The van der Waals surface area contributed by atoms with Gasteiger partial charge in [-0.05, 0) is 60.0 Å². The minimum Gasteiger partial charge on any atom is -0.494 e. The lowest BCUT2D eigenvalue weighted by Crippen LogP contribution is -2.22. The van der Waals surface area contributed by atoms with Crippen LogP contribution in [0.25, 0.3) is 0 Å². The zero-order chi connectivity index (χ0) is 13.5. The fraction of sp³-hybridized carbons (Fsp3) is 0.375. The van der Waals surface area contributed by atoms with E-state index in [4.69, 9.17) is 4.74 Å². The van der Waals surface area contributed by atoms with Crippen LogP contribution in [0.2, 0.25) is 0 Å². The van der Waals surface area contributed by atoms with Crippen LogP contribution in [-0.4, -0.2) is 13.2 Å². The number of benzene rings is 1. The molecule has 0 saturated carbocycles. The van der Waals surface area contributed by atoms with E-state index in [1.807, 2.05) is 6.92 Å². The highest BCUT2D eigenvalue weighted by Crippen LogP contribution is 2.22. The molecule has 2 rings (SSSR count). The normalized spacial score (nSPS) is 12.3. The van der Waals surface area contributed by atoms with E-state index in [-0.39, 0.29) is 0 Å². The molecule has 1 unspecified atom stereocenters. The first-order chi connectivity index (χ1) is 9.33. The number of rotatable bonds is 7. The minimum absolute atomic E-state index is 0.371. The van der Waals surface area contributed by atoms with Crippen molar-refractivity contribution in [1.82, 2.24) is 5.32 Å². The Labute approximate surface area is 119 Å². The van der Waals surface area contributed by atoms with E-state index in [1.165, 1.54) is 11.1 Å². The molecular weight excluding hydrogens is 254 g/mol. The predicted molar refractivity (Wildman–Crippen MR) is 82.1 cm³/mol. The lowest BCUT2D eigenvalue weighted by Gasteiger charge is -2.18. The van der Waals surface area contributed by atoms with Gasteiger partial charge in [-0.2, -0.15) is 11.3 Å². The van der Waals surface area contributed by atoms with Gasteiger partial charge in [0.2, 0.25) is 0 Å². The highest BCUT2D eigenvalue weighted by molar-refractivity contribution is 7.07. The Balaban J connectivity index is 2.09. The molecule has 2 nitrogen and oxygen atoms in total. The maximum atomic E-state index is 5.49. The van der Waals surface area contributed by atoms with Crippen molar-refractivity contribution < 1.29 is 4.74 Å². The second-order valence-electron chi connectivity index (χ2n) is 4.45. The van der Waals surface area contributed by atoms with Crippen molar-refractivity contribution in [3.63, 3.8) is 0 Å². The molecule has 1 aromatic carbocycles. The van der Waals surface area contributed by atoms with Crippen LogP contribution in [0.5, 0.6) is 5.75 Å². The van der Waals surface area contributed by atoms with E-state index < -0.39 is 0 Å². The highest BCUT2D eigenvalue weighted by Gasteiger charge is 2.11. The summed E-state index contributed by atoms with van der Waals surface area (Å²) in [6.45, 7) is 5.84. The van der Waals surface area contributed by atoms with E-state index in [1.54, 1.807) is 11.3 Å².